The summed E-state index contributed by atoms with van der Waals surface area (Å²) in [7, 11) is 1.38. The van der Waals surface area contributed by atoms with E-state index >= 15 is 0 Å². The predicted molar refractivity (Wildman–Crippen MR) is 74.8 cm³/mol. The smallest absolute Gasteiger partial charge is 0.354 e. The molecule has 84 valence electrons. The van der Waals surface area contributed by atoms with E-state index in [2.05, 4.69) is 43.5 Å². The van der Waals surface area contributed by atoms with Crippen molar-refractivity contribution < 1.29 is 9.53 Å². The number of nitrogens with one attached hydrogen (secondary N) is 1. The van der Waals surface area contributed by atoms with Crippen LogP contribution in [-0.4, -0.2) is 18.1 Å². The molecule has 0 bridgehead atoms. The Hall–Kier alpha value is -0.560. The first-order valence-corrected chi connectivity index (χ1v) is 6.48. The SMILES string of the molecule is COC(=O)c1[nH]c2ccc(I)c(Br)c2c1C. The summed E-state index contributed by atoms with van der Waals surface area (Å²) >= 11 is 5.78. The fraction of sp³-hybridized carbons (Fsp3) is 0.182. The van der Waals surface area contributed by atoms with Gasteiger partial charge in [0, 0.05) is 18.9 Å². The number of benzene rings is 1. The largest absolute Gasteiger partial charge is 0.464 e. The van der Waals surface area contributed by atoms with Gasteiger partial charge in [-0.05, 0) is 63.1 Å². The van der Waals surface area contributed by atoms with Crippen molar-refractivity contribution in [3.05, 3.63) is 31.4 Å². The molecule has 1 heterocycles. The molecule has 0 spiro atoms. The third kappa shape index (κ3) is 1.75. The molecule has 1 aromatic heterocycles. The van der Waals surface area contributed by atoms with Gasteiger partial charge in [-0.15, -0.1) is 0 Å². The third-order valence-corrected chi connectivity index (χ3v) is 4.96. The normalized spacial score (nSPS) is 10.8. The standard InChI is InChI=1S/C11H9BrINO2/c1-5-8-7(4-3-6(13)9(8)12)14-10(5)11(15)16-2/h3-4,14H,1-2H3. The number of hydrogen-bond donors (Lipinski definition) is 1. The molecule has 0 aliphatic carbocycles. The van der Waals surface area contributed by atoms with Gasteiger partial charge in [-0.2, -0.15) is 0 Å². The summed E-state index contributed by atoms with van der Waals surface area (Å²) in [5, 5.41) is 1.03. The number of rotatable bonds is 1. The van der Waals surface area contributed by atoms with Crippen LogP contribution in [0.15, 0.2) is 16.6 Å². The fourth-order valence-electron chi connectivity index (χ4n) is 1.68. The lowest BCUT2D eigenvalue weighted by atomic mass is 10.1. The second kappa shape index (κ2) is 4.37. The van der Waals surface area contributed by atoms with E-state index in [1.165, 1.54) is 7.11 Å². The summed E-state index contributed by atoms with van der Waals surface area (Å²) in [5.74, 6) is -0.337. The van der Waals surface area contributed by atoms with Crippen LogP contribution in [0.1, 0.15) is 16.1 Å². The number of esters is 1. The summed E-state index contributed by atoms with van der Waals surface area (Å²) in [4.78, 5) is 14.6. The molecule has 0 aliphatic heterocycles. The molecule has 16 heavy (non-hydrogen) atoms. The summed E-state index contributed by atoms with van der Waals surface area (Å²) in [6, 6.07) is 3.95. The number of aryl methyl sites for hydroxylation is 1. The van der Waals surface area contributed by atoms with Gasteiger partial charge in [-0.1, -0.05) is 0 Å². The maximum absolute atomic E-state index is 11.5. The van der Waals surface area contributed by atoms with Gasteiger partial charge in [0.2, 0.25) is 0 Å². The van der Waals surface area contributed by atoms with Crippen LogP contribution in [0, 0.1) is 10.5 Å². The van der Waals surface area contributed by atoms with Gasteiger partial charge in [-0.25, -0.2) is 4.79 Å². The molecule has 0 amide bonds. The molecule has 0 aliphatic rings. The van der Waals surface area contributed by atoms with Crippen LogP contribution < -0.4 is 0 Å². The number of aromatic amines is 1. The Balaban J connectivity index is 2.79. The molecule has 0 atom stereocenters. The van der Waals surface area contributed by atoms with Gasteiger partial charge in [0.25, 0.3) is 0 Å². The molecule has 2 rings (SSSR count). The average Bonchev–Trinajstić information content (AvgIpc) is 2.61. The molecular weight excluding hydrogens is 385 g/mol. The highest BCUT2D eigenvalue weighted by Crippen LogP contribution is 2.32. The van der Waals surface area contributed by atoms with Crippen LogP contribution in [-0.2, 0) is 4.74 Å². The number of methoxy groups -OCH3 is 1. The summed E-state index contributed by atoms with van der Waals surface area (Å²) in [6.07, 6.45) is 0. The fourth-order valence-corrected chi connectivity index (χ4v) is 2.77. The Morgan fingerprint density at radius 2 is 2.19 bits per heavy atom. The predicted octanol–water partition coefficient (Wildman–Crippen LogP) is 3.63. The Morgan fingerprint density at radius 3 is 2.81 bits per heavy atom. The highest BCUT2D eigenvalue weighted by molar-refractivity contribution is 14.1. The minimum absolute atomic E-state index is 0.337. The Kier molecular flexibility index (Phi) is 3.25. The molecule has 3 nitrogen and oxygen atoms in total. The van der Waals surface area contributed by atoms with E-state index < -0.39 is 0 Å². The maximum atomic E-state index is 11.5. The van der Waals surface area contributed by atoms with Crippen molar-refractivity contribution in [2.75, 3.05) is 7.11 Å². The van der Waals surface area contributed by atoms with Crippen LogP contribution in [0.25, 0.3) is 10.9 Å². The number of halogens is 2. The summed E-state index contributed by atoms with van der Waals surface area (Å²) in [5.41, 5.74) is 2.36. The van der Waals surface area contributed by atoms with Crippen molar-refractivity contribution in [1.29, 1.82) is 0 Å². The molecule has 0 saturated carbocycles. The van der Waals surface area contributed by atoms with Crippen molar-refractivity contribution in [1.82, 2.24) is 4.98 Å². The molecule has 0 fully saturated rings. The van der Waals surface area contributed by atoms with Crippen molar-refractivity contribution in [3.63, 3.8) is 0 Å². The maximum Gasteiger partial charge on any atom is 0.354 e. The van der Waals surface area contributed by atoms with Crippen LogP contribution >= 0.6 is 38.5 Å². The highest BCUT2D eigenvalue weighted by Gasteiger charge is 2.17. The van der Waals surface area contributed by atoms with E-state index in [0.29, 0.717) is 5.69 Å². The first-order valence-electron chi connectivity index (χ1n) is 4.61. The number of carbonyl (C=O) groups is 1. The van der Waals surface area contributed by atoms with Gasteiger partial charge in [-0.3, -0.25) is 0 Å². The van der Waals surface area contributed by atoms with E-state index in [1.807, 2.05) is 19.1 Å². The molecule has 0 unspecified atom stereocenters. The zero-order valence-electron chi connectivity index (χ0n) is 8.73. The second-order valence-corrected chi connectivity index (χ2v) is 5.36. The van der Waals surface area contributed by atoms with E-state index in [-0.39, 0.29) is 5.97 Å². The quantitative estimate of drug-likeness (QED) is 0.593. The lowest BCUT2D eigenvalue weighted by Crippen LogP contribution is -2.02. The Labute approximate surface area is 115 Å². The second-order valence-electron chi connectivity index (χ2n) is 3.40. The molecule has 0 radical (unpaired) electrons. The Bertz CT molecular complexity index is 577. The molecule has 1 aromatic carbocycles. The summed E-state index contributed by atoms with van der Waals surface area (Å²) < 4.78 is 6.85. The van der Waals surface area contributed by atoms with Gasteiger partial charge in [0.1, 0.15) is 5.69 Å². The number of carbonyl (C=O) groups excluding carboxylic acids is 1. The lowest BCUT2D eigenvalue weighted by molar-refractivity contribution is 0.0594. The minimum Gasteiger partial charge on any atom is -0.464 e. The number of hydrogen-bond acceptors (Lipinski definition) is 2. The topological polar surface area (TPSA) is 42.1 Å². The van der Waals surface area contributed by atoms with E-state index in [9.17, 15) is 4.79 Å². The van der Waals surface area contributed by atoms with Gasteiger partial charge >= 0.3 is 5.97 Å². The molecule has 1 N–H and O–H groups in total. The van der Waals surface area contributed by atoms with Gasteiger partial charge in [0.15, 0.2) is 0 Å². The molecular formula is C11H9BrINO2. The van der Waals surface area contributed by atoms with Crippen molar-refractivity contribution in [2.24, 2.45) is 0 Å². The van der Waals surface area contributed by atoms with Crippen molar-refractivity contribution in [2.45, 2.75) is 6.92 Å². The van der Waals surface area contributed by atoms with Crippen LogP contribution in [0.3, 0.4) is 0 Å². The van der Waals surface area contributed by atoms with Crippen molar-refractivity contribution in [3.8, 4) is 0 Å². The van der Waals surface area contributed by atoms with E-state index in [1.54, 1.807) is 0 Å². The molecule has 2 aromatic rings. The zero-order chi connectivity index (χ0) is 11.9. The minimum atomic E-state index is -0.337. The van der Waals surface area contributed by atoms with Crippen LogP contribution in [0.2, 0.25) is 0 Å². The first-order chi connectivity index (χ1) is 7.56. The lowest BCUT2D eigenvalue weighted by Gasteiger charge is -1.99. The zero-order valence-corrected chi connectivity index (χ0v) is 12.5. The third-order valence-electron chi connectivity index (χ3n) is 2.49. The Morgan fingerprint density at radius 1 is 1.50 bits per heavy atom. The number of ether oxygens (including phenoxy) is 1. The van der Waals surface area contributed by atoms with Gasteiger partial charge in [0.05, 0.1) is 7.11 Å². The monoisotopic (exact) mass is 393 g/mol. The number of H-pyrrole nitrogens is 1. The molecule has 0 saturated heterocycles. The average molecular weight is 394 g/mol. The highest BCUT2D eigenvalue weighted by atomic mass is 127. The van der Waals surface area contributed by atoms with Crippen LogP contribution in [0.4, 0.5) is 0 Å². The number of fused-ring (bicyclic) bond motifs is 1. The van der Waals surface area contributed by atoms with Crippen molar-refractivity contribution >= 4 is 55.4 Å². The van der Waals surface area contributed by atoms with Gasteiger partial charge < -0.3 is 9.72 Å². The first kappa shape index (κ1) is 11.9. The van der Waals surface area contributed by atoms with E-state index in [4.69, 9.17) is 4.74 Å². The van der Waals surface area contributed by atoms with Crippen LogP contribution in [0.5, 0.6) is 0 Å². The van der Waals surface area contributed by atoms with E-state index in [0.717, 1.165) is 24.5 Å². The molecule has 5 heteroatoms. The summed E-state index contributed by atoms with van der Waals surface area (Å²) in [6.45, 7) is 1.91. The number of aromatic nitrogens is 1.